The first-order valence-electron chi connectivity index (χ1n) is 7.12. The number of hydrogen-bond acceptors (Lipinski definition) is 3. The van der Waals surface area contributed by atoms with Crippen molar-refractivity contribution < 1.29 is 0 Å². The number of benzene rings is 1. The molecule has 0 amide bonds. The van der Waals surface area contributed by atoms with Gasteiger partial charge in [0.25, 0.3) is 0 Å². The van der Waals surface area contributed by atoms with E-state index >= 15 is 0 Å². The van der Waals surface area contributed by atoms with Crippen molar-refractivity contribution in [3.8, 4) is 0 Å². The van der Waals surface area contributed by atoms with Gasteiger partial charge in [-0.15, -0.1) is 0 Å². The summed E-state index contributed by atoms with van der Waals surface area (Å²) in [6.45, 7) is 4.66. The third-order valence-corrected chi connectivity index (χ3v) is 5.32. The highest BCUT2D eigenvalue weighted by atomic mass is 15.2. The number of nitrogens with zero attached hydrogens (tertiary/aromatic N) is 1. The van der Waals surface area contributed by atoms with Gasteiger partial charge in [0.1, 0.15) is 0 Å². The molecule has 2 atom stereocenters. The van der Waals surface area contributed by atoms with Crippen molar-refractivity contribution in [2.24, 2.45) is 17.6 Å². The van der Waals surface area contributed by atoms with Crippen LogP contribution in [0.2, 0.25) is 0 Å². The summed E-state index contributed by atoms with van der Waals surface area (Å²) in [7, 11) is 0. The van der Waals surface area contributed by atoms with E-state index in [1.54, 1.807) is 0 Å². The van der Waals surface area contributed by atoms with Gasteiger partial charge in [-0.05, 0) is 49.4 Å². The maximum absolute atomic E-state index is 6.84. The number of nitrogens with one attached hydrogen (secondary N) is 1. The predicted molar refractivity (Wildman–Crippen MR) is 73.5 cm³/mol. The van der Waals surface area contributed by atoms with E-state index in [1.165, 1.54) is 43.7 Å². The van der Waals surface area contributed by atoms with Crippen molar-refractivity contribution in [1.29, 1.82) is 0 Å². The summed E-state index contributed by atoms with van der Waals surface area (Å²) < 4.78 is 0. The molecule has 18 heavy (non-hydrogen) atoms. The van der Waals surface area contributed by atoms with E-state index in [1.807, 2.05) is 0 Å². The molecule has 0 aromatic heterocycles. The van der Waals surface area contributed by atoms with Crippen LogP contribution in [0.5, 0.6) is 0 Å². The highest BCUT2D eigenvalue weighted by Gasteiger charge is 2.49. The van der Waals surface area contributed by atoms with Crippen molar-refractivity contribution in [3.05, 3.63) is 29.8 Å². The molecule has 5 rings (SSSR count). The highest BCUT2D eigenvalue weighted by molar-refractivity contribution is 5.60. The predicted octanol–water partition coefficient (Wildman–Crippen LogP) is 1.61. The lowest BCUT2D eigenvalue weighted by Gasteiger charge is -2.50. The normalized spacial score (nSPS) is 41.5. The van der Waals surface area contributed by atoms with E-state index in [0.717, 1.165) is 12.5 Å². The SMILES string of the molecule is NC1(C2CN3CCC2CC3)CNc2ccccc21. The molecule has 3 fully saturated rings. The number of nitrogens with two attached hydrogens (primary N) is 1. The van der Waals surface area contributed by atoms with E-state index in [-0.39, 0.29) is 5.54 Å². The molecule has 1 aromatic rings. The Morgan fingerprint density at radius 3 is 2.72 bits per heavy atom. The second-order valence-corrected chi connectivity index (χ2v) is 6.18. The molecule has 3 N–H and O–H groups in total. The second-order valence-electron chi connectivity index (χ2n) is 6.18. The first-order valence-corrected chi connectivity index (χ1v) is 7.12. The lowest BCUT2D eigenvalue weighted by atomic mass is 9.67. The Kier molecular flexibility index (Phi) is 2.24. The first kappa shape index (κ1) is 10.8. The Bertz CT molecular complexity index is 465. The minimum atomic E-state index is -0.152. The fourth-order valence-electron chi connectivity index (χ4n) is 4.26. The maximum Gasteiger partial charge on any atom is 0.0648 e. The molecule has 0 saturated carbocycles. The van der Waals surface area contributed by atoms with Crippen molar-refractivity contribution in [2.45, 2.75) is 18.4 Å². The molecule has 4 aliphatic heterocycles. The summed E-state index contributed by atoms with van der Waals surface area (Å²) in [5.41, 5.74) is 9.27. The molecular formula is C15H21N3. The number of anilines is 1. The molecular weight excluding hydrogens is 222 g/mol. The van der Waals surface area contributed by atoms with Gasteiger partial charge in [-0.25, -0.2) is 0 Å². The van der Waals surface area contributed by atoms with Crippen molar-refractivity contribution in [2.75, 3.05) is 31.5 Å². The van der Waals surface area contributed by atoms with Crippen LogP contribution < -0.4 is 11.1 Å². The zero-order chi connectivity index (χ0) is 12.2. The van der Waals surface area contributed by atoms with Crippen molar-refractivity contribution in [1.82, 2.24) is 4.90 Å². The third-order valence-electron chi connectivity index (χ3n) is 5.32. The number of rotatable bonds is 1. The zero-order valence-corrected chi connectivity index (χ0v) is 10.7. The van der Waals surface area contributed by atoms with Crippen LogP contribution in [0.3, 0.4) is 0 Å². The number of fused-ring (bicyclic) bond motifs is 4. The van der Waals surface area contributed by atoms with Crippen LogP contribution in [0.1, 0.15) is 18.4 Å². The number of para-hydroxylation sites is 1. The van der Waals surface area contributed by atoms with E-state index in [0.29, 0.717) is 5.92 Å². The topological polar surface area (TPSA) is 41.3 Å². The molecule has 4 aliphatic rings. The molecule has 96 valence electrons. The average Bonchev–Trinajstić information content (AvgIpc) is 2.80. The highest BCUT2D eigenvalue weighted by Crippen LogP contribution is 2.46. The monoisotopic (exact) mass is 243 g/mol. The molecule has 4 heterocycles. The van der Waals surface area contributed by atoms with Crippen LogP contribution in [-0.2, 0) is 5.54 Å². The summed E-state index contributed by atoms with van der Waals surface area (Å²) in [5.74, 6) is 1.45. The molecule has 0 aliphatic carbocycles. The smallest absolute Gasteiger partial charge is 0.0648 e. The van der Waals surface area contributed by atoms with Gasteiger partial charge >= 0.3 is 0 Å². The van der Waals surface area contributed by atoms with E-state index in [4.69, 9.17) is 5.73 Å². The Morgan fingerprint density at radius 2 is 2.00 bits per heavy atom. The summed E-state index contributed by atoms with van der Waals surface area (Å²) >= 11 is 0. The van der Waals surface area contributed by atoms with Crippen molar-refractivity contribution in [3.63, 3.8) is 0 Å². The molecule has 2 unspecified atom stereocenters. The summed E-state index contributed by atoms with van der Waals surface area (Å²) in [6.07, 6.45) is 2.68. The van der Waals surface area contributed by atoms with Crippen LogP contribution >= 0.6 is 0 Å². The average molecular weight is 243 g/mol. The number of piperidine rings is 3. The van der Waals surface area contributed by atoms with Gasteiger partial charge in [-0.3, -0.25) is 0 Å². The largest absolute Gasteiger partial charge is 0.383 e. The van der Waals surface area contributed by atoms with Crippen LogP contribution in [0, 0.1) is 11.8 Å². The summed E-state index contributed by atoms with van der Waals surface area (Å²) in [4.78, 5) is 2.60. The molecule has 0 spiro atoms. The Labute approximate surface area is 108 Å². The fraction of sp³-hybridized carbons (Fsp3) is 0.600. The quantitative estimate of drug-likeness (QED) is 0.787. The lowest BCUT2D eigenvalue weighted by Crippen LogP contribution is -2.59. The molecule has 1 aromatic carbocycles. The Hall–Kier alpha value is -1.06. The van der Waals surface area contributed by atoms with Gasteiger partial charge in [0, 0.05) is 18.8 Å². The van der Waals surface area contributed by atoms with Crippen molar-refractivity contribution >= 4 is 5.69 Å². The molecule has 2 bridgehead atoms. The number of hydrogen-bond donors (Lipinski definition) is 2. The van der Waals surface area contributed by atoms with Gasteiger partial charge in [-0.2, -0.15) is 0 Å². The molecule has 3 nitrogen and oxygen atoms in total. The third kappa shape index (κ3) is 1.38. The van der Waals surface area contributed by atoms with Gasteiger partial charge < -0.3 is 16.0 Å². The molecule has 0 radical (unpaired) electrons. The van der Waals surface area contributed by atoms with E-state index in [2.05, 4.69) is 34.5 Å². The van der Waals surface area contributed by atoms with Crippen LogP contribution in [0.15, 0.2) is 24.3 Å². The fourth-order valence-corrected chi connectivity index (χ4v) is 4.26. The van der Waals surface area contributed by atoms with Gasteiger partial charge in [0.2, 0.25) is 0 Å². The Morgan fingerprint density at radius 1 is 1.22 bits per heavy atom. The zero-order valence-electron chi connectivity index (χ0n) is 10.7. The molecule has 3 saturated heterocycles. The summed E-state index contributed by atoms with van der Waals surface area (Å²) in [6, 6.07) is 8.58. The standard InChI is InChI=1S/C15H21N3/c16-15(10-17-14-4-2-1-3-12(14)15)13-9-18-7-5-11(13)6-8-18/h1-4,11,13,17H,5-10,16H2. The maximum atomic E-state index is 6.84. The summed E-state index contributed by atoms with van der Waals surface area (Å²) in [5, 5.41) is 3.50. The lowest BCUT2D eigenvalue weighted by molar-refractivity contribution is 0.0117. The Balaban J connectivity index is 1.72. The van der Waals surface area contributed by atoms with E-state index in [9.17, 15) is 0 Å². The first-order chi connectivity index (χ1) is 8.77. The van der Waals surface area contributed by atoms with Crippen LogP contribution in [-0.4, -0.2) is 31.1 Å². The van der Waals surface area contributed by atoms with Gasteiger partial charge in [0.15, 0.2) is 0 Å². The molecule has 3 heteroatoms. The van der Waals surface area contributed by atoms with Crippen LogP contribution in [0.4, 0.5) is 5.69 Å². The van der Waals surface area contributed by atoms with Crippen LogP contribution in [0.25, 0.3) is 0 Å². The van der Waals surface area contributed by atoms with Gasteiger partial charge in [-0.1, -0.05) is 18.2 Å². The minimum Gasteiger partial charge on any atom is -0.383 e. The second kappa shape index (κ2) is 3.72. The van der Waals surface area contributed by atoms with E-state index < -0.39 is 0 Å². The minimum absolute atomic E-state index is 0.152. The van der Waals surface area contributed by atoms with Gasteiger partial charge in [0.05, 0.1) is 5.54 Å².